The lowest BCUT2D eigenvalue weighted by Crippen LogP contribution is -2.59. The second-order valence-electron chi connectivity index (χ2n) is 10.7. The number of fused-ring (bicyclic) bond motifs is 3. The molecule has 0 radical (unpaired) electrons. The monoisotopic (exact) mass is 481 g/mol. The molecule has 182 valence electrons. The molecule has 8 nitrogen and oxygen atoms in total. The molecule has 1 N–H and O–H groups in total. The minimum Gasteiger partial charge on any atom is -0.444 e. The van der Waals surface area contributed by atoms with Crippen LogP contribution in [0.1, 0.15) is 39.3 Å². The molecule has 0 atom stereocenters. The molecule has 2 aliphatic heterocycles. The average Bonchev–Trinajstić information content (AvgIpc) is 3.46. The van der Waals surface area contributed by atoms with Crippen LogP contribution in [0.4, 0.5) is 13.6 Å². The first-order valence-corrected chi connectivity index (χ1v) is 11.4. The van der Waals surface area contributed by atoms with Gasteiger partial charge in [0.25, 0.3) is 0 Å². The molecule has 0 unspecified atom stereocenters. The van der Waals surface area contributed by atoms with Gasteiger partial charge in [-0.05, 0) is 44.5 Å². The first-order chi connectivity index (χ1) is 16.4. The Labute approximate surface area is 199 Å². The van der Waals surface area contributed by atoms with Crippen molar-refractivity contribution >= 4 is 22.6 Å². The number of aromatic nitrogens is 4. The number of ether oxygens (including phenoxy) is 2. The van der Waals surface area contributed by atoms with Crippen LogP contribution in [0, 0.1) is 11.6 Å². The van der Waals surface area contributed by atoms with Gasteiger partial charge in [0.05, 0.1) is 17.8 Å². The van der Waals surface area contributed by atoms with E-state index in [9.17, 15) is 9.18 Å². The molecule has 2 saturated heterocycles. The third-order valence-corrected chi connectivity index (χ3v) is 6.62. The maximum absolute atomic E-state index is 15.1. The fourth-order valence-electron chi connectivity index (χ4n) is 5.23. The number of carbonyl (C=O) groups excluding carboxylic acids is 1. The molecule has 3 aliphatic rings. The van der Waals surface area contributed by atoms with E-state index in [4.69, 9.17) is 9.47 Å². The molecular formula is C25H25F2N5O3. The van der Waals surface area contributed by atoms with Crippen molar-refractivity contribution in [2.24, 2.45) is 7.05 Å². The Morgan fingerprint density at radius 2 is 1.86 bits per heavy atom. The number of pyridine rings is 1. The zero-order valence-electron chi connectivity index (χ0n) is 19.9. The number of rotatable bonds is 3. The first-order valence-electron chi connectivity index (χ1n) is 11.4. The summed E-state index contributed by atoms with van der Waals surface area (Å²) in [5.74, 6) is -0.987. The van der Waals surface area contributed by atoms with Crippen LogP contribution in [0.5, 0.6) is 0 Å². The van der Waals surface area contributed by atoms with Crippen LogP contribution in [0.15, 0.2) is 36.8 Å². The summed E-state index contributed by atoms with van der Waals surface area (Å²) in [6.45, 7) is 5.76. The smallest absolute Gasteiger partial charge is 0.408 e. The fourth-order valence-corrected chi connectivity index (χ4v) is 5.23. The number of amides is 1. The van der Waals surface area contributed by atoms with Gasteiger partial charge in [-0.15, -0.1) is 0 Å². The van der Waals surface area contributed by atoms with Crippen molar-refractivity contribution in [3.63, 3.8) is 0 Å². The highest BCUT2D eigenvalue weighted by Gasteiger charge is 2.65. The van der Waals surface area contributed by atoms with Gasteiger partial charge in [-0.3, -0.25) is 4.68 Å². The molecule has 0 spiro atoms. The van der Waals surface area contributed by atoms with Crippen LogP contribution in [0.2, 0.25) is 0 Å². The summed E-state index contributed by atoms with van der Waals surface area (Å²) < 4.78 is 44.3. The molecule has 10 heteroatoms. The summed E-state index contributed by atoms with van der Waals surface area (Å²) in [5, 5.41) is 7.69. The lowest BCUT2D eigenvalue weighted by molar-refractivity contribution is -0.0166. The van der Waals surface area contributed by atoms with Gasteiger partial charge >= 0.3 is 6.09 Å². The van der Waals surface area contributed by atoms with Crippen LogP contribution in [0.3, 0.4) is 0 Å². The summed E-state index contributed by atoms with van der Waals surface area (Å²) in [7, 11) is 1.72. The zero-order valence-corrected chi connectivity index (χ0v) is 19.9. The maximum atomic E-state index is 15.1. The van der Waals surface area contributed by atoms with Crippen LogP contribution >= 0.6 is 0 Å². The molecule has 2 bridgehead atoms. The normalized spacial score (nSPS) is 23.6. The van der Waals surface area contributed by atoms with Crippen molar-refractivity contribution < 1.29 is 23.0 Å². The maximum Gasteiger partial charge on any atom is 0.408 e. The van der Waals surface area contributed by atoms with E-state index < -0.39 is 34.5 Å². The molecule has 35 heavy (non-hydrogen) atoms. The molecule has 7 rings (SSSR count). The van der Waals surface area contributed by atoms with Crippen LogP contribution in [0.25, 0.3) is 27.7 Å². The number of benzene rings is 1. The highest BCUT2D eigenvalue weighted by Crippen LogP contribution is 2.57. The van der Waals surface area contributed by atoms with Crippen molar-refractivity contribution in [1.29, 1.82) is 0 Å². The highest BCUT2D eigenvalue weighted by molar-refractivity contribution is 5.85. The van der Waals surface area contributed by atoms with Gasteiger partial charge < -0.3 is 19.2 Å². The Hall–Kier alpha value is -3.53. The fraction of sp³-hybridized carbons (Fsp3) is 0.400. The number of halogens is 2. The summed E-state index contributed by atoms with van der Waals surface area (Å²) in [6, 6.07) is 4.49. The van der Waals surface area contributed by atoms with Crippen molar-refractivity contribution in [2.75, 3.05) is 6.61 Å². The van der Waals surface area contributed by atoms with E-state index in [1.165, 1.54) is 12.1 Å². The third-order valence-electron chi connectivity index (χ3n) is 6.62. The number of carbonyl (C=O) groups is 1. The predicted molar refractivity (Wildman–Crippen MR) is 124 cm³/mol. The van der Waals surface area contributed by atoms with Gasteiger partial charge in [-0.25, -0.2) is 18.6 Å². The molecular weight excluding hydrogens is 456 g/mol. The van der Waals surface area contributed by atoms with Crippen LogP contribution in [-0.2, 0) is 22.1 Å². The largest absolute Gasteiger partial charge is 0.444 e. The van der Waals surface area contributed by atoms with Crippen molar-refractivity contribution in [1.82, 2.24) is 24.5 Å². The third kappa shape index (κ3) is 3.54. The molecule has 1 saturated carbocycles. The predicted octanol–water partition coefficient (Wildman–Crippen LogP) is 4.45. The molecule has 1 aromatic carbocycles. The van der Waals surface area contributed by atoms with Crippen molar-refractivity contribution in [3.05, 3.63) is 54.1 Å². The average molecular weight is 482 g/mol. The van der Waals surface area contributed by atoms with E-state index in [1.54, 1.807) is 40.8 Å². The Kier molecular flexibility index (Phi) is 4.40. The van der Waals surface area contributed by atoms with Gasteiger partial charge in [-0.2, -0.15) is 5.10 Å². The number of hydrogen-bond acceptors (Lipinski definition) is 5. The standard InChI is InChI=1S/C25H25F2N5O3/c1-23(2,3)35-22(33)29-24-11-25(12-24,34-13-24)19-10-32-9-15(7-18(27)21(32)28-19)14-5-16-8-31(4)30-20(16)17(26)6-14/h5-10H,11-13H2,1-4H3,(H,29,33). The minimum atomic E-state index is -0.686. The van der Waals surface area contributed by atoms with Gasteiger partial charge in [0.1, 0.15) is 16.7 Å². The molecule has 3 aromatic heterocycles. The minimum absolute atomic E-state index is 0.161. The van der Waals surface area contributed by atoms with E-state index in [-0.39, 0.29) is 11.2 Å². The molecule has 5 heterocycles. The van der Waals surface area contributed by atoms with Crippen LogP contribution < -0.4 is 5.32 Å². The summed E-state index contributed by atoms with van der Waals surface area (Å²) >= 11 is 0. The number of alkyl carbamates (subject to hydrolysis) is 1. The van der Waals surface area contributed by atoms with Crippen molar-refractivity contribution in [2.45, 2.75) is 50.4 Å². The van der Waals surface area contributed by atoms with E-state index in [2.05, 4.69) is 15.4 Å². The number of nitrogens with one attached hydrogen (secondary N) is 1. The molecule has 1 aliphatic carbocycles. The Bertz CT molecular complexity index is 1510. The first kappa shape index (κ1) is 22.0. The summed E-state index contributed by atoms with van der Waals surface area (Å²) in [5.41, 5.74) is 0.292. The molecule has 4 aromatic rings. The van der Waals surface area contributed by atoms with Crippen molar-refractivity contribution in [3.8, 4) is 11.1 Å². The van der Waals surface area contributed by atoms with Gasteiger partial charge in [0, 0.05) is 49.4 Å². The topological polar surface area (TPSA) is 82.7 Å². The van der Waals surface area contributed by atoms with Gasteiger partial charge in [-0.1, -0.05) is 0 Å². The molecule has 1 amide bonds. The Morgan fingerprint density at radius 3 is 2.60 bits per heavy atom. The Balaban J connectivity index is 1.29. The van der Waals surface area contributed by atoms with E-state index in [1.807, 2.05) is 20.8 Å². The number of hydrogen-bond donors (Lipinski definition) is 1. The summed E-state index contributed by atoms with van der Waals surface area (Å²) in [6.07, 6.45) is 5.75. The molecule has 3 fully saturated rings. The van der Waals surface area contributed by atoms with Gasteiger partial charge in [0.2, 0.25) is 0 Å². The summed E-state index contributed by atoms with van der Waals surface area (Å²) in [4.78, 5) is 16.8. The number of aryl methyl sites for hydroxylation is 1. The number of imidazole rings is 1. The van der Waals surface area contributed by atoms with E-state index in [0.717, 1.165) is 0 Å². The number of nitrogens with zero attached hydrogens (tertiary/aromatic N) is 4. The lowest BCUT2D eigenvalue weighted by Gasteiger charge is -2.43. The quantitative estimate of drug-likeness (QED) is 0.468. The van der Waals surface area contributed by atoms with Crippen LogP contribution in [-0.4, -0.2) is 43.0 Å². The highest BCUT2D eigenvalue weighted by atomic mass is 19.1. The zero-order chi connectivity index (χ0) is 24.8. The second kappa shape index (κ2) is 7.00. The van der Waals surface area contributed by atoms with E-state index >= 15 is 4.39 Å². The Morgan fingerprint density at radius 1 is 1.11 bits per heavy atom. The van der Waals surface area contributed by atoms with E-state index in [0.29, 0.717) is 41.7 Å². The van der Waals surface area contributed by atoms with Gasteiger partial charge in [0.15, 0.2) is 17.3 Å². The second-order valence-corrected chi connectivity index (χ2v) is 10.7. The lowest BCUT2D eigenvalue weighted by atomic mass is 9.67. The SMILES string of the molecule is Cn1cc2cc(-c3cc(F)c4nc(C56CC(NC(=O)OC(C)(C)C)(CO5)C6)cn4c3)cc(F)c2n1.